The minimum atomic E-state index is -0.910. The van der Waals surface area contributed by atoms with Crippen LogP contribution in [-0.2, 0) is 15.0 Å². The van der Waals surface area contributed by atoms with Gasteiger partial charge >= 0.3 is 0 Å². The molecule has 2 amide bonds. The van der Waals surface area contributed by atoms with Crippen LogP contribution in [0.2, 0.25) is 0 Å². The zero-order valence-electron chi connectivity index (χ0n) is 20.1. The quantitative estimate of drug-likeness (QED) is 0.560. The standard InChI is InChI=1S/C27H32F2N4O2/c1-26(2,17-3-4-20(28)21(29)11-17)14-32-24(34)23(30)22-16-9-15-10-19(22)27(12-15,13-16)25(35)33-18-5-7-31-8-6-18/h3-8,11,15-16,19,22-23H,9-10,12-14,30H2,1-2H3,(H,32,34)(H,31,33,35). The zero-order valence-corrected chi connectivity index (χ0v) is 20.1. The average Bonchev–Trinajstić information content (AvgIpc) is 3.22. The number of hydrogen-bond donors (Lipinski definition) is 3. The SMILES string of the molecule is CC(C)(CNC(=O)C(N)C1C2CC3CC1C(C(=O)Nc1ccncc1)(C3)C2)c1ccc(F)c(F)c1. The smallest absolute Gasteiger partial charge is 0.237 e. The monoisotopic (exact) mass is 482 g/mol. The van der Waals surface area contributed by atoms with Gasteiger partial charge in [-0.3, -0.25) is 14.6 Å². The molecular weight excluding hydrogens is 450 g/mol. The molecule has 0 spiro atoms. The molecule has 186 valence electrons. The fraction of sp³-hybridized carbons (Fsp3) is 0.519. The molecular formula is C27H32F2N4O2. The van der Waals surface area contributed by atoms with E-state index in [1.807, 2.05) is 13.8 Å². The first-order valence-electron chi connectivity index (χ1n) is 12.3. The van der Waals surface area contributed by atoms with Crippen LogP contribution in [0.1, 0.15) is 45.1 Å². The molecule has 8 heteroatoms. The summed E-state index contributed by atoms with van der Waals surface area (Å²) in [5.74, 6) is -1.27. The highest BCUT2D eigenvalue weighted by molar-refractivity contribution is 5.96. The lowest BCUT2D eigenvalue weighted by molar-refractivity contribution is -0.128. The Morgan fingerprint density at radius 2 is 1.89 bits per heavy atom. The molecule has 4 N–H and O–H groups in total. The Hall–Kier alpha value is -2.87. The van der Waals surface area contributed by atoms with E-state index < -0.39 is 28.5 Å². The minimum absolute atomic E-state index is 0.0236. The van der Waals surface area contributed by atoms with E-state index in [9.17, 15) is 18.4 Å². The van der Waals surface area contributed by atoms with Gasteiger partial charge in [-0.15, -0.1) is 0 Å². The molecule has 2 aromatic rings. The number of nitrogens with zero attached hydrogens (tertiary/aromatic N) is 1. The first-order chi connectivity index (χ1) is 16.6. The van der Waals surface area contributed by atoms with Gasteiger partial charge in [0.2, 0.25) is 11.8 Å². The molecule has 4 aliphatic carbocycles. The molecule has 6 unspecified atom stereocenters. The molecule has 35 heavy (non-hydrogen) atoms. The van der Waals surface area contributed by atoms with E-state index in [-0.39, 0.29) is 36.1 Å². The molecule has 1 heterocycles. The van der Waals surface area contributed by atoms with Crippen LogP contribution in [0.25, 0.3) is 0 Å². The van der Waals surface area contributed by atoms with E-state index in [1.54, 1.807) is 24.5 Å². The maximum absolute atomic E-state index is 13.7. The van der Waals surface area contributed by atoms with Gasteiger partial charge in [-0.25, -0.2) is 8.78 Å². The van der Waals surface area contributed by atoms with Gasteiger partial charge in [0.05, 0.1) is 11.5 Å². The van der Waals surface area contributed by atoms with Gasteiger partial charge in [0.1, 0.15) is 0 Å². The lowest BCUT2D eigenvalue weighted by Crippen LogP contribution is -2.52. The minimum Gasteiger partial charge on any atom is -0.354 e. The van der Waals surface area contributed by atoms with Crippen molar-refractivity contribution in [1.82, 2.24) is 10.3 Å². The molecule has 0 saturated heterocycles. The Bertz CT molecular complexity index is 1140. The summed E-state index contributed by atoms with van der Waals surface area (Å²) in [6, 6.07) is 6.63. The number of carbonyl (C=O) groups is 2. The molecule has 6 nitrogen and oxygen atoms in total. The predicted molar refractivity (Wildman–Crippen MR) is 128 cm³/mol. The van der Waals surface area contributed by atoms with E-state index >= 15 is 0 Å². The average molecular weight is 483 g/mol. The maximum atomic E-state index is 13.7. The fourth-order valence-corrected chi connectivity index (χ4v) is 7.08. The molecule has 6 atom stereocenters. The summed E-state index contributed by atoms with van der Waals surface area (Å²) in [6.45, 7) is 3.97. The zero-order chi connectivity index (χ0) is 25.0. The number of amides is 2. The summed E-state index contributed by atoms with van der Waals surface area (Å²) in [4.78, 5) is 30.6. The fourth-order valence-electron chi connectivity index (χ4n) is 7.08. The van der Waals surface area contributed by atoms with Crippen LogP contribution in [0.15, 0.2) is 42.7 Å². The lowest BCUT2D eigenvalue weighted by atomic mass is 9.72. The van der Waals surface area contributed by atoms with Crippen LogP contribution in [0.5, 0.6) is 0 Å². The summed E-state index contributed by atoms with van der Waals surface area (Å²) >= 11 is 0. The number of benzene rings is 1. The van der Waals surface area contributed by atoms with Crippen molar-refractivity contribution in [2.24, 2.45) is 34.8 Å². The number of halogens is 2. The van der Waals surface area contributed by atoms with Crippen LogP contribution >= 0.6 is 0 Å². The van der Waals surface area contributed by atoms with Gasteiger partial charge in [-0.2, -0.15) is 0 Å². The van der Waals surface area contributed by atoms with Crippen LogP contribution in [-0.4, -0.2) is 29.4 Å². The summed E-state index contributed by atoms with van der Waals surface area (Å²) in [5.41, 5.74) is 6.78. The Morgan fingerprint density at radius 1 is 1.14 bits per heavy atom. The normalized spacial score (nSPS) is 29.7. The van der Waals surface area contributed by atoms with E-state index in [2.05, 4.69) is 15.6 Å². The van der Waals surface area contributed by atoms with Gasteiger partial charge in [0.25, 0.3) is 0 Å². The molecule has 0 radical (unpaired) electrons. The van der Waals surface area contributed by atoms with Crippen molar-refractivity contribution < 1.29 is 18.4 Å². The second-order valence-corrected chi connectivity index (χ2v) is 11.3. The number of rotatable bonds is 7. The third-order valence-electron chi connectivity index (χ3n) is 8.73. The summed E-state index contributed by atoms with van der Waals surface area (Å²) in [5, 5.41) is 6.01. The summed E-state index contributed by atoms with van der Waals surface area (Å²) in [6.07, 6.45) is 6.84. The van der Waals surface area contributed by atoms with Crippen LogP contribution in [0, 0.1) is 40.7 Å². The highest BCUT2D eigenvalue weighted by atomic mass is 19.2. The van der Waals surface area contributed by atoms with Gasteiger partial charge < -0.3 is 16.4 Å². The van der Waals surface area contributed by atoms with Gasteiger partial charge in [0, 0.05) is 30.0 Å². The van der Waals surface area contributed by atoms with Gasteiger partial charge in [-0.1, -0.05) is 19.9 Å². The highest BCUT2D eigenvalue weighted by Crippen LogP contribution is 2.68. The number of pyridine rings is 1. The van der Waals surface area contributed by atoms with E-state index in [1.165, 1.54) is 12.1 Å². The predicted octanol–water partition coefficient (Wildman–Crippen LogP) is 3.77. The highest BCUT2D eigenvalue weighted by Gasteiger charge is 2.67. The number of nitrogens with one attached hydrogen (secondary N) is 2. The number of carbonyl (C=O) groups excluding carboxylic acids is 2. The number of anilines is 1. The molecule has 0 aliphatic heterocycles. The Labute approximate surface area is 204 Å². The topological polar surface area (TPSA) is 97.1 Å². The van der Waals surface area contributed by atoms with Crippen molar-refractivity contribution in [3.63, 3.8) is 0 Å². The Kier molecular flexibility index (Phi) is 5.90. The van der Waals surface area contributed by atoms with Crippen molar-refractivity contribution in [2.45, 2.75) is 51.0 Å². The second kappa shape index (κ2) is 8.66. The van der Waals surface area contributed by atoms with E-state index in [0.717, 1.165) is 37.4 Å². The van der Waals surface area contributed by atoms with Crippen molar-refractivity contribution in [3.05, 3.63) is 59.9 Å². The van der Waals surface area contributed by atoms with Crippen molar-refractivity contribution >= 4 is 17.5 Å². The molecule has 1 aromatic carbocycles. The van der Waals surface area contributed by atoms with Crippen molar-refractivity contribution in [1.29, 1.82) is 0 Å². The van der Waals surface area contributed by atoms with E-state index in [4.69, 9.17) is 5.73 Å². The lowest BCUT2D eigenvalue weighted by Gasteiger charge is -2.35. The Morgan fingerprint density at radius 3 is 2.60 bits per heavy atom. The number of nitrogens with two attached hydrogens (primary N) is 1. The largest absolute Gasteiger partial charge is 0.354 e. The molecule has 4 fully saturated rings. The van der Waals surface area contributed by atoms with Crippen LogP contribution < -0.4 is 16.4 Å². The van der Waals surface area contributed by atoms with Gasteiger partial charge in [-0.05, 0) is 79.2 Å². The first-order valence-corrected chi connectivity index (χ1v) is 12.3. The first kappa shape index (κ1) is 23.9. The summed E-state index contributed by atoms with van der Waals surface area (Å²) in [7, 11) is 0. The number of hydrogen-bond acceptors (Lipinski definition) is 4. The second-order valence-electron chi connectivity index (χ2n) is 11.3. The third-order valence-corrected chi connectivity index (χ3v) is 8.73. The van der Waals surface area contributed by atoms with Crippen molar-refractivity contribution in [2.75, 3.05) is 11.9 Å². The van der Waals surface area contributed by atoms with Crippen LogP contribution in [0.4, 0.5) is 14.5 Å². The van der Waals surface area contributed by atoms with Gasteiger partial charge in [0.15, 0.2) is 11.6 Å². The van der Waals surface area contributed by atoms with E-state index in [0.29, 0.717) is 11.5 Å². The molecule has 6 rings (SSSR count). The van der Waals surface area contributed by atoms with Crippen LogP contribution in [0.3, 0.4) is 0 Å². The maximum Gasteiger partial charge on any atom is 0.237 e. The summed E-state index contributed by atoms with van der Waals surface area (Å²) < 4.78 is 27.1. The molecule has 1 aromatic heterocycles. The number of aromatic nitrogens is 1. The third kappa shape index (κ3) is 4.11. The molecule has 4 bridgehead atoms. The molecule has 4 saturated carbocycles. The molecule has 4 aliphatic rings. The van der Waals surface area contributed by atoms with Crippen molar-refractivity contribution in [3.8, 4) is 0 Å². The Balaban J connectivity index is 1.27.